The maximum Gasteiger partial charge on any atom is 0.213 e. The summed E-state index contributed by atoms with van der Waals surface area (Å²) in [6, 6.07) is 17.2. The zero-order valence-corrected chi connectivity index (χ0v) is 19.8. The Morgan fingerprint density at radius 2 is 1.81 bits per heavy atom. The van der Waals surface area contributed by atoms with Gasteiger partial charge in [0, 0.05) is 28.3 Å². The van der Waals surface area contributed by atoms with Crippen LogP contribution in [-0.2, 0) is 13.2 Å². The molecule has 0 aliphatic carbocycles. The molecule has 2 aromatic carbocycles. The van der Waals surface area contributed by atoms with E-state index < -0.39 is 0 Å². The van der Waals surface area contributed by atoms with E-state index in [9.17, 15) is 0 Å². The molecule has 1 N–H and O–H groups in total. The second-order valence-corrected chi connectivity index (χ2v) is 8.08. The van der Waals surface area contributed by atoms with Gasteiger partial charge in [0.25, 0.3) is 0 Å². The standard InChI is InChI=1S/C24H26BrClN2O3/c1-2-29-22-14-19(16-27-11-5-13-30-24-6-3-4-12-28-24)21(25)15-23(22)31-17-18-7-9-20(26)10-8-18/h3-4,6-10,12,14-15,27H,2,5,11,13,16-17H2,1H3. The van der Waals surface area contributed by atoms with E-state index >= 15 is 0 Å². The van der Waals surface area contributed by atoms with Gasteiger partial charge in [-0.05, 0) is 61.3 Å². The lowest BCUT2D eigenvalue weighted by molar-refractivity contribution is 0.268. The van der Waals surface area contributed by atoms with Gasteiger partial charge in [-0.1, -0.05) is 45.7 Å². The fourth-order valence-corrected chi connectivity index (χ4v) is 3.45. The average Bonchev–Trinajstić information content (AvgIpc) is 2.78. The molecule has 0 saturated carbocycles. The molecule has 0 bridgehead atoms. The van der Waals surface area contributed by atoms with Crippen LogP contribution in [-0.4, -0.2) is 24.7 Å². The van der Waals surface area contributed by atoms with Crippen molar-refractivity contribution in [3.8, 4) is 17.4 Å². The highest BCUT2D eigenvalue weighted by Gasteiger charge is 2.11. The predicted octanol–water partition coefficient (Wildman–Crippen LogP) is 6.03. The number of hydrogen-bond acceptors (Lipinski definition) is 5. The summed E-state index contributed by atoms with van der Waals surface area (Å²) in [7, 11) is 0. The summed E-state index contributed by atoms with van der Waals surface area (Å²) in [6.45, 7) is 5.13. The SMILES string of the molecule is CCOc1cc(CNCCCOc2ccccn2)c(Br)cc1OCc1ccc(Cl)cc1. The molecule has 7 heteroatoms. The highest BCUT2D eigenvalue weighted by molar-refractivity contribution is 9.10. The summed E-state index contributed by atoms with van der Waals surface area (Å²) in [5.74, 6) is 2.09. The minimum absolute atomic E-state index is 0.442. The van der Waals surface area contributed by atoms with Gasteiger partial charge in [-0.2, -0.15) is 0 Å². The summed E-state index contributed by atoms with van der Waals surface area (Å²) in [6.07, 6.45) is 2.61. The van der Waals surface area contributed by atoms with Crippen LogP contribution >= 0.6 is 27.5 Å². The number of rotatable bonds is 12. The van der Waals surface area contributed by atoms with E-state index in [4.69, 9.17) is 25.8 Å². The van der Waals surface area contributed by atoms with Crippen molar-refractivity contribution in [1.29, 1.82) is 0 Å². The third-order valence-corrected chi connectivity index (χ3v) is 5.41. The van der Waals surface area contributed by atoms with Gasteiger partial charge in [0.05, 0.1) is 13.2 Å². The van der Waals surface area contributed by atoms with Gasteiger partial charge in [-0.3, -0.25) is 0 Å². The largest absolute Gasteiger partial charge is 0.490 e. The van der Waals surface area contributed by atoms with Gasteiger partial charge in [-0.25, -0.2) is 4.98 Å². The Bertz CT molecular complexity index is 940. The lowest BCUT2D eigenvalue weighted by Gasteiger charge is -2.15. The molecule has 0 aliphatic heterocycles. The molecule has 0 atom stereocenters. The van der Waals surface area contributed by atoms with Gasteiger partial charge in [0.15, 0.2) is 11.5 Å². The highest BCUT2D eigenvalue weighted by atomic mass is 79.9. The molecule has 0 aliphatic rings. The Morgan fingerprint density at radius 1 is 1.00 bits per heavy atom. The molecular weight excluding hydrogens is 480 g/mol. The third-order valence-electron chi connectivity index (χ3n) is 4.42. The molecule has 5 nitrogen and oxygen atoms in total. The molecular formula is C24H26BrClN2O3. The quantitative estimate of drug-likeness (QED) is 0.304. The number of nitrogens with one attached hydrogen (secondary N) is 1. The first-order chi connectivity index (χ1) is 15.2. The number of benzene rings is 2. The Balaban J connectivity index is 1.50. The third kappa shape index (κ3) is 7.73. The van der Waals surface area contributed by atoms with Crippen LogP contribution in [0.15, 0.2) is 65.3 Å². The number of aromatic nitrogens is 1. The van der Waals surface area contributed by atoms with E-state index in [1.54, 1.807) is 6.20 Å². The van der Waals surface area contributed by atoms with Crippen molar-refractivity contribution in [3.05, 3.63) is 81.4 Å². The second-order valence-electron chi connectivity index (χ2n) is 6.79. The highest BCUT2D eigenvalue weighted by Crippen LogP contribution is 2.34. The number of ether oxygens (including phenoxy) is 3. The van der Waals surface area contributed by atoms with Crippen LogP contribution < -0.4 is 19.5 Å². The second kappa shape index (κ2) is 12.5. The van der Waals surface area contributed by atoms with Gasteiger partial charge in [-0.15, -0.1) is 0 Å². The van der Waals surface area contributed by atoms with Crippen LogP contribution in [0, 0.1) is 0 Å². The first-order valence-corrected chi connectivity index (χ1v) is 11.4. The Hall–Kier alpha value is -2.28. The average molecular weight is 506 g/mol. The van der Waals surface area contributed by atoms with E-state index in [0.29, 0.717) is 43.0 Å². The molecule has 0 fully saturated rings. The maximum absolute atomic E-state index is 6.01. The number of nitrogens with zero attached hydrogens (tertiary/aromatic N) is 1. The van der Waals surface area contributed by atoms with E-state index in [1.807, 2.05) is 61.5 Å². The Labute approximate surface area is 196 Å². The smallest absolute Gasteiger partial charge is 0.213 e. The van der Waals surface area contributed by atoms with E-state index in [-0.39, 0.29) is 0 Å². The van der Waals surface area contributed by atoms with E-state index in [2.05, 4.69) is 26.2 Å². The molecule has 0 unspecified atom stereocenters. The molecule has 0 radical (unpaired) electrons. The summed E-state index contributed by atoms with van der Waals surface area (Å²) in [4.78, 5) is 4.15. The minimum atomic E-state index is 0.442. The normalized spacial score (nSPS) is 10.7. The number of hydrogen-bond donors (Lipinski definition) is 1. The van der Waals surface area contributed by atoms with Gasteiger partial charge in [0.2, 0.25) is 5.88 Å². The fraction of sp³-hybridized carbons (Fsp3) is 0.292. The summed E-state index contributed by atoms with van der Waals surface area (Å²) in [5, 5.41) is 4.15. The molecule has 31 heavy (non-hydrogen) atoms. The zero-order chi connectivity index (χ0) is 21.9. The van der Waals surface area contributed by atoms with Crippen LogP contribution in [0.1, 0.15) is 24.5 Å². The Morgan fingerprint density at radius 3 is 2.55 bits per heavy atom. The molecule has 164 valence electrons. The molecule has 1 heterocycles. The summed E-state index contributed by atoms with van der Waals surface area (Å²) >= 11 is 9.60. The lowest BCUT2D eigenvalue weighted by Crippen LogP contribution is -2.17. The van der Waals surface area contributed by atoms with Crippen molar-refractivity contribution in [2.24, 2.45) is 0 Å². The van der Waals surface area contributed by atoms with E-state index in [0.717, 1.165) is 34.3 Å². The fourth-order valence-electron chi connectivity index (χ4n) is 2.86. The topological polar surface area (TPSA) is 52.6 Å². The predicted molar refractivity (Wildman–Crippen MR) is 127 cm³/mol. The van der Waals surface area contributed by atoms with Gasteiger partial charge in [0.1, 0.15) is 6.61 Å². The first-order valence-electron chi connectivity index (χ1n) is 10.2. The van der Waals surface area contributed by atoms with Crippen LogP contribution in [0.3, 0.4) is 0 Å². The molecule has 0 spiro atoms. The lowest BCUT2D eigenvalue weighted by atomic mass is 10.2. The summed E-state index contributed by atoms with van der Waals surface area (Å²) < 4.78 is 18.4. The zero-order valence-electron chi connectivity index (χ0n) is 17.4. The van der Waals surface area contributed by atoms with Crippen molar-refractivity contribution in [1.82, 2.24) is 10.3 Å². The Kier molecular flexibility index (Phi) is 9.46. The van der Waals surface area contributed by atoms with Crippen molar-refractivity contribution in [2.45, 2.75) is 26.5 Å². The van der Waals surface area contributed by atoms with Gasteiger partial charge < -0.3 is 19.5 Å². The van der Waals surface area contributed by atoms with E-state index in [1.165, 1.54) is 0 Å². The molecule has 1 aromatic heterocycles. The van der Waals surface area contributed by atoms with Crippen LogP contribution in [0.5, 0.6) is 17.4 Å². The molecule has 0 saturated heterocycles. The first kappa shape index (κ1) is 23.4. The minimum Gasteiger partial charge on any atom is -0.490 e. The number of halogens is 2. The maximum atomic E-state index is 6.01. The van der Waals surface area contributed by atoms with Crippen molar-refractivity contribution < 1.29 is 14.2 Å². The summed E-state index contributed by atoms with van der Waals surface area (Å²) in [5.41, 5.74) is 2.15. The van der Waals surface area contributed by atoms with Crippen molar-refractivity contribution in [2.75, 3.05) is 19.8 Å². The van der Waals surface area contributed by atoms with Crippen molar-refractivity contribution in [3.63, 3.8) is 0 Å². The van der Waals surface area contributed by atoms with Crippen molar-refractivity contribution >= 4 is 27.5 Å². The van der Waals surface area contributed by atoms with Crippen LogP contribution in [0.2, 0.25) is 5.02 Å². The molecule has 3 rings (SSSR count). The number of pyridine rings is 1. The monoisotopic (exact) mass is 504 g/mol. The molecule has 3 aromatic rings. The van der Waals surface area contributed by atoms with Crippen LogP contribution in [0.4, 0.5) is 0 Å². The van der Waals surface area contributed by atoms with Gasteiger partial charge >= 0.3 is 0 Å². The van der Waals surface area contributed by atoms with Crippen LogP contribution in [0.25, 0.3) is 0 Å². The molecule has 0 amide bonds.